The second kappa shape index (κ2) is 4.93. The highest BCUT2D eigenvalue weighted by Crippen LogP contribution is 2.35. The molecule has 1 fully saturated rings. The molecule has 2 aliphatic heterocycles. The highest BCUT2D eigenvalue weighted by molar-refractivity contribution is 5.85. The van der Waals surface area contributed by atoms with Gasteiger partial charge in [0, 0.05) is 12.1 Å². The molecule has 0 spiro atoms. The van der Waals surface area contributed by atoms with Crippen molar-refractivity contribution in [2.24, 2.45) is 0 Å². The predicted octanol–water partition coefficient (Wildman–Crippen LogP) is 2.07. The number of hydrogen-bond donors (Lipinski definition) is 0. The van der Waals surface area contributed by atoms with Crippen LogP contribution < -0.4 is 4.74 Å². The Bertz CT molecular complexity index is 535. The summed E-state index contributed by atoms with van der Waals surface area (Å²) in [5.41, 5.74) is 0.960. The van der Waals surface area contributed by atoms with Crippen LogP contribution in [-0.4, -0.2) is 30.0 Å². The molecule has 2 unspecified atom stereocenters. The summed E-state index contributed by atoms with van der Waals surface area (Å²) in [6, 6.07) is 9.69. The van der Waals surface area contributed by atoms with Gasteiger partial charge in [-0.05, 0) is 25.3 Å². The van der Waals surface area contributed by atoms with Crippen LogP contribution in [0.2, 0.25) is 0 Å². The van der Waals surface area contributed by atoms with Gasteiger partial charge in [0.1, 0.15) is 11.8 Å². The summed E-state index contributed by atoms with van der Waals surface area (Å²) in [5.74, 6) is 0.735. The van der Waals surface area contributed by atoms with Crippen molar-refractivity contribution in [2.75, 3.05) is 13.2 Å². The normalized spacial score (nSPS) is 25.3. The lowest BCUT2D eigenvalue weighted by Crippen LogP contribution is -2.39. The molecular weight excluding hydrogens is 240 g/mol. The van der Waals surface area contributed by atoms with Gasteiger partial charge in [-0.2, -0.15) is 5.26 Å². The first-order valence-corrected chi connectivity index (χ1v) is 6.73. The quantitative estimate of drug-likeness (QED) is 0.773. The van der Waals surface area contributed by atoms with Crippen LogP contribution >= 0.6 is 0 Å². The Morgan fingerprint density at radius 2 is 2.21 bits per heavy atom. The lowest BCUT2D eigenvalue weighted by Gasteiger charge is -2.29. The minimum atomic E-state index is -0.248. The second-order valence-electron chi connectivity index (χ2n) is 5.05. The van der Waals surface area contributed by atoms with Gasteiger partial charge in [0.2, 0.25) is 5.91 Å². The van der Waals surface area contributed by atoms with E-state index in [1.54, 1.807) is 4.90 Å². The predicted molar refractivity (Wildman–Crippen MR) is 69.6 cm³/mol. The van der Waals surface area contributed by atoms with Crippen molar-refractivity contribution < 1.29 is 9.53 Å². The molecule has 2 aliphatic rings. The second-order valence-corrected chi connectivity index (χ2v) is 5.05. The van der Waals surface area contributed by atoms with Gasteiger partial charge >= 0.3 is 0 Å². The van der Waals surface area contributed by atoms with Crippen LogP contribution in [0.25, 0.3) is 0 Å². The minimum Gasteiger partial charge on any atom is -0.493 e. The van der Waals surface area contributed by atoms with Crippen LogP contribution in [0.4, 0.5) is 0 Å². The zero-order valence-electron chi connectivity index (χ0n) is 10.7. The first-order valence-electron chi connectivity index (χ1n) is 6.73. The third kappa shape index (κ3) is 2.06. The number of hydrogen-bond acceptors (Lipinski definition) is 3. The fraction of sp³-hybridized carbons (Fsp3) is 0.467. The Balaban J connectivity index is 1.87. The summed E-state index contributed by atoms with van der Waals surface area (Å²) in [7, 11) is 0. The first-order chi connectivity index (χ1) is 9.31. The number of benzene rings is 1. The summed E-state index contributed by atoms with van der Waals surface area (Å²) in [4.78, 5) is 14.4. The topological polar surface area (TPSA) is 53.3 Å². The lowest BCUT2D eigenvalue weighted by molar-refractivity contribution is -0.133. The molecule has 1 saturated heterocycles. The van der Waals surface area contributed by atoms with Gasteiger partial charge in [-0.1, -0.05) is 18.2 Å². The molecule has 1 amide bonds. The van der Waals surface area contributed by atoms with Gasteiger partial charge in [0.15, 0.2) is 0 Å². The van der Waals surface area contributed by atoms with Gasteiger partial charge < -0.3 is 9.64 Å². The van der Waals surface area contributed by atoms with E-state index in [4.69, 9.17) is 10.00 Å². The van der Waals surface area contributed by atoms with Crippen molar-refractivity contribution in [3.63, 3.8) is 0 Å². The molecule has 2 atom stereocenters. The molecule has 0 saturated carbocycles. The van der Waals surface area contributed by atoms with Crippen molar-refractivity contribution in [1.82, 2.24) is 4.90 Å². The van der Waals surface area contributed by atoms with E-state index in [1.807, 2.05) is 24.3 Å². The van der Waals surface area contributed by atoms with Crippen LogP contribution in [0.1, 0.15) is 30.7 Å². The smallest absolute Gasteiger partial charge is 0.231 e. The maximum atomic E-state index is 12.7. The van der Waals surface area contributed by atoms with Gasteiger partial charge in [0.25, 0.3) is 0 Å². The number of likely N-dealkylation sites (tertiary alicyclic amines) is 1. The van der Waals surface area contributed by atoms with E-state index < -0.39 is 0 Å². The molecule has 19 heavy (non-hydrogen) atoms. The SMILES string of the molecule is N#CC1CCCN1C(=O)C1CCOc2ccccc21. The fourth-order valence-corrected chi connectivity index (χ4v) is 2.96. The third-order valence-electron chi connectivity index (χ3n) is 3.94. The van der Waals surface area contributed by atoms with Crippen molar-refractivity contribution in [1.29, 1.82) is 5.26 Å². The highest BCUT2D eigenvalue weighted by Gasteiger charge is 2.36. The standard InChI is InChI=1S/C15H16N2O2/c16-10-11-4-3-8-17(11)15(18)13-7-9-19-14-6-2-1-5-12(13)14/h1-2,5-6,11,13H,3-4,7-9H2. The Morgan fingerprint density at radius 3 is 3.05 bits per heavy atom. The van der Waals surface area contributed by atoms with E-state index in [1.165, 1.54) is 0 Å². The summed E-state index contributed by atoms with van der Waals surface area (Å²) >= 11 is 0. The van der Waals surface area contributed by atoms with E-state index in [0.29, 0.717) is 19.6 Å². The molecule has 2 heterocycles. The lowest BCUT2D eigenvalue weighted by atomic mass is 9.91. The average molecular weight is 256 g/mol. The molecule has 1 aromatic carbocycles. The Morgan fingerprint density at radius 1 is 1.37 bits per heavy atom. The Kier molecular flexibility index (Phi) is 3.12. The highest BCUT2D eigenvalue weighted by atomic mass is 16.5. The molecular formula is C15H16N2O2. The van der Waals surface area contributed by atoms with Crippen molar-refractivity contribution in [3.8, 4) is 11.8 Å². The van der Waals surface area contributed by atoms with Crippen LogP contribution in [0.3, 0.4) is 0 Å². The largest absolute Gasteiger partial charge is 0.493 e. The maximum Gasteiger partial charge on any atom is 0.231 e. The molecule has 0 radical (unpaired) electrons. The minimum absolute atomic E-state index is 0.0831. The zero-order chi connectivity index (χ0) is 13.2. The van der Waals surface area contributed by atoms with Crippen molar-refractivity contribution >= 4 is 5.91 Å². The number of nitrogens with zero attached hydrogens (tertiary/aromatic N) is 2. The van der Waals surface area contributed by atoms with E-state index in [9.17, 15) is 4.79 Å². The fourth-order valence-electron chi connectivity index (χ4n) is 2.96. The van der Waals surface area contributed by atoms with Crippen LogP contribution in [0.15, 0.2) is 24.3 Å². The third-order valence-corrected chi connectivity index (χ3v) is 3.94. The molecule has 0 bridgehead atoms. The molecule has 3 rings (SSSR count). The van der Waals surface area contributed by atoms with Gasteiger partial charge in [-0.3, -0.25) is 4.79 Å². The van der Waals surface area contributed by atoms with Gasteiger partial charge in [-0.25, -0.2) is 0 Å². The molecule has 4 heteroatoms. The molecule has 1 aromatic rings. The number of rotatable bonds is 1. The van der Waals surface area contributed by atoms with Crippen LogP contribution in [0.5, 0.6) is 5.75 Å². The van der Waals surface area contributed by atoms with E-state index in [-0.39, 0.29) is 17.9 Å². The Hall–Kier alpha value is -2.02. The van der Waals surface area contributed by atoms with Crippen molar-refractivity contribution in [2.45, 2.75) is 31.2 Å². The van der Waals surface area contributed by atoms with Gasteiger partial charge in [-0.15, -0.1) is 0 Å². The van der Waals surface area contributed by atoms with E-state index in [0.717, 1.165) is 24.2 Å². The zero-order valence-corrected chi connectivity index (χ0v) is 10.7. The average Bonchev–Trinajstić information content (AvgIpc) is 2.94. The molecule has 0 N–H and O–H groups in total. The number of fused-ring (bicyclic) bond motifs is 1. The number of carbonyl (C=O) groups is 1. The number of para-hydroxylation sites is 1. The Labute approximate surface area is 112 Å². The number of ether oxygens (including phenoxy) is 1. The van der Waals surface area contributed by atoms with E-state index >= 15 is 0 Å². The van der Waals surface area contributed by atoms with E-state index in [2.05, 4.69) is 6.07 Å². The summed E-state index contributed by atoms with van der Waals surface area (Å²) < 4.78 is 5.58. The molecule has 98 valence electrons. The number of amides is 1. The monoisotopic (exact) mass is 256 g/mol. The molecule has 0 aliphatic carbocycles. The maximum absolute atomic E-state index is 12.7. The van der Waals surface area contributed by atoms with Crippen LogP contribution in [-0.2, 0) is 4.79 Å². The van der Waals surface area contributed by atoms with Gasteiger partial charge in [0.05, 0.1) is 18.6 Å². The summed E-state index contributed by atoms with van der Waals surface area (Å²) in [6.45, 7) is 1.27. The number of carbonyl (C=O) groups excluding carboxylic acids is 1. The van der Waals surface area contributed by atoms with Crippen molar-refractivity contribution in [3.05, 3.63) is 29.8 Å². The molecule has 0 aromatic heterocycles. The summed E-state index contributed by atoms with van der Waals surface area (Å²) in [5, 5.41) is 9.11. The van der Waals surface area contributed by atoms with Crippen LogP contribution in [0, 0.1) is 11.3 Å². The molecule has 4 nitrogen and oxygen atoms in total. The first kappa shape index (κ1) is 12.0. The summed E-state index contributed by atoms with van der Waals surface area (Å²) in [6.07, 6.45) is 2.42. The number of nitriles is 1.